The highest BCUT2D eigenvalue weighted by Gasteiger charge is 2.30. The molecule has 2 heterocycles. The van der Waals surface area contributed by atoms with E-state index in [1.807, 2.05) is 6.07 Å². The lowest BCUT2D eigenvalue weighted by Crippen LogP contribution is -2.31. The zero-order chi connectivity index (χ0) is 14.1. The number of carbonyl (C=O) groups is 1. The first kappa shape index (κ1) is 13.8. The Hall–Kier alpha value is -1.17. The van der Waals surface area contributed by atoms with Crippen LogP contribution < -0.4 is 4.73 Å². The molecule has 1 unspecified atom stereocenters. The highest BCUT2D eigenvalue weighted by Crippen LogP contribution is 2.37. The van der Waals surface area contributed by atoms with E-state index in [0.29, 0.717) is 21.4 Å². The van der Waals surface area contributed by atoms with Crippen molar-refractivity contribution in [2.24, 2.45) is 0 Å². The molecule has 20 heavy (non-hydrogen) atoms. The van der Waals surface area contributed by atoms with Gasteiger partial charge in [0.1, 0.15) is 0 Å². The zero-order valence-corrected chi connectivity index (χ0v) is 12.7. The minimum atomic E-state index is -0.256. The van der Waals surface area contributed by atoms with E-state index in [0.717, 1.165) is 9.63 Å². The van der Waals surface area contributed by atoms with Gasteiger partial charge < -0.3 is 5.21 Å². The molecule has 1 aromatic carbocycles. The van der Waals surface area contributed by atoms with Crippen molar-refractivity contribution in [2.45, 2.75) is 15.2 Å². The fourth-order valence-corrected chi connectivity index (χ4v) is 4.43. The molecule has 0 N–H and O–H groups in total. The van der Waals surface area contributed by atoms with Crippen molar-refractivity contribution in [1.29, 1.82) is 0 Å². The van der Waals surface area contributed by atoms with Crippen molar-refractivity contribution < 1.29 is 9.52 Å². The second-order valence-corrected chi connectivity index (χ2v) is 7.01. The summed E-state index contributed by atoms with van der Waals surface area (Å²) in [6.07, 6.45) is 1.44. The quantitative estimate of drug-likeness (QED) is 0.627. The molecular weight excluding hydrogens is 314 g/mol. The standard InChI is InChI=1S/C14H10ClNO2S2/c15-9-4-5-11-10(7-9)14(17)12(8-19-11)20-13-3-1-2-6-16(13)18/h1-7,12H,8H2. The van der Waals surface area contributed by atoms with E-state index in [1.54, 1.807) is 42.1 Å². The molecular formula is C14H10ClNO2S2. The lowest BCUT2D eigenvalue weighted by atomic mass is 10.1. The number of hydrogen-bond acceptors (Lipinski definition) is 4. The predicted molar refractivity (Wildman–Crippen MR) is 81.6 cm³/mol. The number of carbonyl (C=O) groups excluding carboxylic acids is 1. The molecule has 1 aliphatic heterocycles. The Labute approximate surface area is 129 Å². The summed E-state index contributed by atoms with van der Waals surface area (Å²) in [5.74, 6) is 0.697. The number of ketones is 1. The summed E-state index contributed by atoms with van der Waals surface area (Å²) >= 11 is 8.88. The van der Waals surface area contributed by atoms with Gasteiger partial charge in [0, 0.05) is 33.4 Å². The van der Waals surface area contributed by atoms with Gasteiger partial charge >= 0.3 is 0 Å². The zero-order valence-electron chi connectivity index (χ0n) is 10.3. The van der Waals surface area contributed by atoms with E-state index in [2.05, 4.69) is 0 Å². The Morgan fingerprint density at radius 1 is 1.35 bits per heavy atom. The van der Waals surface area contributed by atoms with Crippen molar-refractivity contribution >= 4 is 40.9 Å². The molecule has 0 fully saturated rings. The average molecular weight is 324 g/mol. The van der Waals surface area contributed by atoms with Gasteiger partial charge in [0.25, 0.3) is 5.03 Å². The van der Waals surface area contributed by atoms with E-state index in [4.69, 9.17) is 11.6 Å². The third kappa shape index (κ3) is 2.66. The lowest BCUT2D eigenvalue weighted by Gasteiger charge is -2.21. The van der Waals surface area contributed by atoms with Crippen LogP contribution in [0.4, 0.5) is 0 Å². The molecule has 102 valence electrons. The summed E-state index contributed by atoms with van der Waals surface area (Å²) in [7, 11) is 0. The maximum atomic E-state index is 12.5. The summed E-state index contributed by atoms with van der Waals surface area (Å²) in [5, 5.41) is 12.5. The lowest BCUT2D eigenvalue weighted by molar-refractivity contribution is -0.645. The van der Waals surface area contributed by atoms with Crippen LogP contribution in [0.3, 0.4) is 0 Å². The first-order valence-corrected chi connectivity index (χ1v) is 8.21. The van der Waals surface area contributed by atoms with Crippen molar-refractivity contribution in [1.82, 2.24) is 0 Å². The van der Waals surface area contributed by atoms with E-state index < -0.39 is 0 Å². The van der Waals surface area contributed by atoms with E-state index in [1.165, 1.54) is 18.0 Å². The number of halogens is 1. The third-order valence-electron chi connectivity index (χ3n) is 2.94. The third-order valence-corrected chi connectivity index (χ3v) is 5.78. The van der Waals surface area contributed by atoms with Crippen LogP contribution in [0.15, 0.2) is 52.5 Å². The molecule has 0 amide bonds. The minimum Gasteiger partial charge on any atom is -0.618 e. The molecule has 3 rings (SSSR count). The molecule has 6 heteroatoms. The Morgan fingerprint density at radius 2 is 2.20 bits per heavy atom. The summed E-state index contributed by atoms with van der Waals surface area (Å²) in [5.41, 5.74) is 0.652. The largest absolute Gasteiger partial charge is 0.618 e. The maximum absolute atomic E-state index is 12.5. The fraction of sp³-hybridized carbons (Fsp3) is 0.143. The van der Waals surface area contributed by atoms with E-state index in [9.17, 15) is 10.0 Å². The number of rotatable bonds is 2. The maximum Gasteiger partial charge on any atom is 0.252 e. The van der Waals surface area contributed by atoms with Gasteiger partial charge in [0.05, 0.1) is 5.25 Å². The van der Waals surface area contributed by atoms with Crippen molar-refractivity contribution in [3.8, 4) is 0 Å². The number of fused-ring (bicyclic) bond motifs is 1. The molecule has 0 radical (unpaired) electrons. The molecule has 0 saturated heterocycles. The van der Waals surface area contributed by atoms with Gasteiger partial charge in [-0.1, -0.05) is 11.6 Å². The summed E-state index contributed by atoms with van der Waals surface area (Å²) in [6, 6.07) is 10.6. The van der Waals surface area contributed by atoms with Gasteiger partial charge in [-0.25, -0.2) is 0 Å². The molecule has 0 saturated carbocycles. The molecule has 3 nitrogen and oxygen atoms in total. The number of aromatic nitrogens is 1. The molecule has 1 aromatic heterocycles. The van der Waals surface area contributed by atoms with Crippen molar-refractivity contribution in [3.05, 3.63) is 58.4 Å². The van der Waals surface area contributed by atoms with Crippen LogP contribution >= 0.6 is 35.1 Å². The van der Waals surface area contributed by atoms with Crippen LogP contribution in [0.2, 0.25) is 5.02 Å². The molecule has 0 spiro atoms. The van der Waals surface area contributed by atoms with Crippen LogP contribution in [0.1, 0.15) is 10.4 Å². The van der Waals surface area contributed by atoms with Crippen LogP contribution in [0.25, 0.3) is 0 Å². The number of nitrogens with zero attached hydrogens (tertiary/aromatic N) is 1. The molecule has 1 atom stereocenters. The van der Waals surface area contributed by atoms with Crippen LogP contribution in [0.5, 0.6) is 0 Å². The second-order valence-electron chi connectivity index (χ2n) is 4.29. The summed E-state index contributed by atoms with van der Waals surface area (Å²) in [6.45, 7) is 0. The number of hydrogen-bond donors (Lipinski definition) is 0. The smallest absolute Gasteiger partial charge is 0.252 e. The average Bonchev–Trinajstić information content (AvgIpc) is 2.45. The number of pyridine rings is 1. The van der Waals surface area contributed by atoms with Gasteiger partial charge in [-0.2, -0.15) is 4.73 Å². The number of thioether (sulfide) groups is 2. The highest BCUT2D eigenvalue weighted by atomic mass is 35.5. The summed E-state index contributed by atoms with van der Waals surface area (Å²) < 4.78 is 0.788. The van der Waals surface area contributed by atoms with Crippen molar-refractivity contribution in [2.75, 3.05) is 5.75 Å². The van der Waals surface area contributed by atoms with Crippen LogP contribution in [0, 0.1) is 5.21 Å². The van der Waals surface area contributed by atoms with Gasteiger partial charge in [-0.05, 0) is 36.0 Å². The Morgan fingerprint density at radius 3 is 3.00 bits per heavy atom. The summed E-state index contributed by atoms with van der Waals surface area (Å²) in [4.78, 5) is 13.4. The Kier molecular flexibility index (Phi) is 3.92. The normalized spacial score (nSPS) is 17.9. The monoisotopic (exact) mass is 323 g/mol. The second kappa shape index (κ2) is 5.68. The fourth-order valence-electron chi connectivity index (χ4n) is 1.97. The molecule has 2 aromatic rings. The first-order valence-electron chi connectivity index (χ1n) is 5.96. The first-order chi connectivity index (χ1) is 9.65. The highest BCUT2D eigenvalue weighted by molar-refractivity contribution is 8.04. The van der Waals surface area contributed by atoms with E-state index >= 15 is 0 Å². The minimum absolute atomic E-state index is 0.0371. The Bertz CT molecular complexity index is 678. The number of Topliss-reactive ketones (excluding diaryl/α,β-unsaturated/α-hetero) is 1. The van der Waals surface area contributed by atoms with E-state index in [-0.39, 0.29) is 11.0 Å². The molecule has 1 aliphatic rings. The molecule has 0 bridgehead atoms. The van der Waals surface area contributed by atoms with Crippen LogP contribution in [-0.4, -0.2) is 16.8 Å². The van der Waals surface area contributed by atoms with Crippen LogP contribution in [-0.2, 0) is 0 Å². The predicted octanol–water partition coefficient (Wildman–Crippen LogP) is 3.42. The van der Waals surface area contributed by atoms with Crippen molar-refractivity contribution in [3.63, 3.8) is 0 Å². The topological polar surface area (TPSA) is 44.0 Å². The molecule has 0 aliphatic carbocycles. The number of benzene rings is 1. The SMILES string of the molecule is O=C1c2cc(Cl)ccc2SCC1Sc1cccc[n+]1[O-]. The Balaban J connectivity index is 1.87. The van der Waals surface area contributed by atoms with Gasteiger partial charge in [-0.3, -0.25) is 4.79 Å². The van der Waals surface area contributed by atoms with Gasteiger partial charge in [0.2, 0.25) is 0 Å². The van der Waals surface area contributed by atoms with Gasteiger partial charge in [0.15, 0.2) is 12.0 Å². The van der Waals surface area contributed by atoms with Gasteiger partial charge in [-0.15, -0.1) is 11.8 Å².